The second kappa shape index (κ2) is 3.31. The molecule has 72 valence electrons. The van der Waals surface area contributed by atoms with E-state index in [4.69, 9.17) is 17.3 Å². The Bertz CT molecular complexity index is 467. The van der Waals surface area contributed by atoms with Crippen molar-refractivity contribution >= 4 is 17.4 Å². The van der Waals surface area contributed by atoms with E-state index in [0.29, 0.717) is 10.8 Å². The highest BCUT2D eigenvalue weighted by molar-refractivity contribution is 6.30. The molecule has 14 heavy (non-hydrogen) atoms. The van der Waals surface area contributed by atoms with Gasteiger partial charge in [-0.15, -0.1) is 0 Å². The summed E-state index contributed by atoms with van der Waals surface area (Å²) in [6.45, 7) is 0. The van der Waals surface area contributed by atoms with Gasteiger partial charge in [0.15, 0.2) is 0 Å². The molecule has 2 aromatic rings. The van der Waals surface area contributed by atoms with Gasteiger partial charge in [0.25, 0.3) is 0 Å². The van der Waals surface area contributed by atoms with Crippen molar-refractivity contribution in [3.8, 4) is 5.69 Å². The second-order valence-corrected chi connectivity index (χ2v) is 3.20. The molecule has 0 saturated carbocycles. The molecular formula is C9H7ClFN3. The van der Waals surface area contributed by atoms with Crippen molar-refractivity contribution in [2.45, 2.75) is 0 Å². The summed E-state index contributed by atoms with van der Waals surface area (Å²) < 4.78 is 14.6. The first-order valence-electron chi connectivity index (χ1n) is 3.93. The number of nitrogens with zero attached hydrogens (tertiary/aromatic N) is 2. The number of halogens is 2. The van der Waals surface area contributed by atoms with Crippen molar-refractivity contribution in [3.05, 3.63) is 41.3 Å². The molecule has 3 nitrogen and oxygen atoms in total. The minimum absolute atomic E-state index is 0.250. The fraction of sp³-hybridized carbons (Fsp3) is 0. The predicted molar refractivity (Wildman–Crippen MR) is 52.9 cm³/mol. The maximum Gasteiger partial charge on any atom is 0.149 e. The van der Waals surface area contributed by atoms with Gasteiger partial charge in [0.05, 0.1) is 6.20 Å². The van der Waals surface area contributed by atoms with E-state index < -0.39 is 5.82 Å². The van der Waals surface area contributed by atoms with Gasteiger partial charge >= 0.3 is 0 Å². The predicted octanol–water partition coefficient (Wildman–Crippen LogP) is 2.25. The van der Waals surface area contributed by atoms with Crippen LogP contribution in [0.1, 0.15) is 0 Å². The van der Waals surface area contributed by atoms with Crippen LogP contribution in [0.4, 0.5) is 10.2 Å². The quantitative estimate of drug-likeness (QED) is 0.786. The van der Waals surface area contributed by atoms with Crippen LogP contribution < -0.4 is 5.73 Å². The summed E-state index contributed by atoms with van der Waals surface area (Å²) in [4.78, 5) is 0. The maximum absolute atomic E-state index is 13.3. The number of benzene rings is 1. The van der Waals surface area contributed by atoms with Crippen molar-refractivity contribution in [3.63, 3.8) is 0 Å². The Morgan fingerprint density at radius 2 is 2.14 bits per heavy atom. The largest absolute Gasteiger partial charge is 0.384 e. The van der Waals surface area contributed by atoms with Crippen molar-refractivity contribution in [2.75, 3.05) is 5.73 Å². The smallest absolute Gasteiger partial charge is 0.149 e. The molecule has 0 spiro atoms. The second-order valence-electron chi connectivity index (χ2n) is 2.76. The van der Waals surface area contributed by atoms with Gasteiger partial charge in [0.2, 0.25) is 0 Å². The lowest BCUT2D eigenvalue weighted by atomic mass is 10.3. The number of rotatable bonds is 1. The third-order valence-electron chi connectivity index (χ3n) is 1.81. The lowest BCUT2D eigenvalue weighted by Crippen LogP contribution is -2.03. The molecule has 0 unspecified atom stereocenters. The number of nitrogen functional groups attached to an aromatic ring is 1. The minimum Gasteiger partial charge on any atom is -0.384 e. The molecular weight excluding hydrogens is 205 g/mol. The van der Waals surface area contributed by atoms with Crippen molar-refractivity contribution in [2.24, 2.45) is 0 Å². The molecule has 5 heteroatoms. The highest BCUT2D eigenvalue weighted by atomic mass is 35.5. The van der Waals surface area contributed by atoms with Gasteiger partial charge in [0.1, 0.15) is 17.3 Å². The first kappa shape index (κ1) is 9.02. The van der Waals surface area contributed by atoms with Crippen LogP contribution in [0.15, 0.2) is 30.5 Å². The highest BCUT2D eigenvalue weighted by Gasteiger charge is 2.07. The summed E-state index contributed by atoms with van der Waals surface area (Å²) in [5.74, 6) is -0.0454. The average molecular weight is 212 g/mol. The van der Waals surface area contributed by atoms with E-state index in [0.717, 1.165) is 0 Å². The third kappa shape index (κ3) is 1.44. The number of aromatic nitrogens is 2. The van der Waals surface area contributed by atoms with E-state index in [1.807, 2.05) is 0 Å². The molecule has 0 aliphatic rings. The van der Waals surface area contributed by atoms with Crippen LogP contribution in [0, 0.1) is 5.82 Å². The minimum atomic E-state index is -0.412. The number of hydrogen-bond donors (Lipinski definition) is 1. The van der Waals surface area contributed by atoms with Crippen molar-refractivity contribution in [1.29, 1.82) is 0 Å². The zero-order valence-corrected chi connectivity index (χ0v) is 7.87. The Balaban J connectivity index is 2.62. The first-order chi connectivity index (χ1) is 6.68. The molecule has 0 radical (unpaired) electrons. The standard InChI is InChI=1S/C9H7ClFN3/c10-6-1-2-7(11)8(5-6)14-9(12)3-4-13-14/h1-5H,12H2. The summed E-state index contributed by atoms with van der Waals surface area (Å²) in [6, 6.07) is 5.81. The molecule has 1 heterocycles. The van der Waals surface area contributed by atoms with Gasteiger partial charge in [-0.2, -0.15) is 5.10 Å². The van der Waals surface area contributed by atoms with E-state index >= 15 is 0 Å². The van der Waals surface area contributed by atoms with Crippen LogP contribution in [0.2, 0.25) is 5.02 Å². The van der Waals surface area contributed by atoms with Crippen LogP contribution in [0.25, 0.3) is 5.69 Å². The molecule has 0 fully saturated rings. The van der Waals surface area contributed by atoms with Crippen LogP contribution in [-0.4, -0.2) is 9.78 Å². The van der Waals surface area contributed by atoms with Crippen LogP contribution in [-0.2, 0) is 0 Å². The van der Waals surface area contributed by atoms with E-state index in [-0.39, 0.29) is 5.69 Å². The summed E-state index contributed by atoms with van der Waals surface area (Å²) in [7, 11) is 0. The van der Waals surface area contributed by atoms with Crippen LogP contribution in [0.3, 0.4) is 0 Å². The van der Waals surface area contributed by atoms with E-state index in [2.05, 4.69) is 5.10 Å². The van der Waals surface area contributed by atoms with Gasteiger partial charge in [-0.25, -0.2) is 9.07 Å². The molecule has 0 atom stereocenters. The van der Waals surface area contributed by atoms with E-state index in [1.54, 1.807) is 6.07 Å². The molecule has 1 aromatic carbocycles. The van der Waals surface area contributed by atoms with Gasteiger partial charge < -0.3 is 5.73 Å². The molecule has 2 N–H and O–H groups in total. The molecule has 2 rings (SSSR count). The number of anilines is 1. The summed E-state index contributed by atoms with van der Waals surface area (Å²) in [6.07, 6.45) is 1.50. The molecule has 0 aliphatic heterocycles. The molecule has 0 amide bonds. The zero-order chi connectivity index (χ0) is 10.1. The van der Waals surface area contributed by atoms with Crippen molar-refractivity contribution in [1.82, 2.24) is 9.78 Å². The number of nitrogens with two attached hydrogens (primary N) is 1. The van der Waals surface area contributed by atoms with Crippen molar-refractivity contribution < 1.29 is 4.39 Å². The van der Waals surface area contributed by atoms with Gasteiger partial charge in [0, 0.05) is 11.1 Å². The molecule has 0 saturated heterocycles. The Hall–Kier alpha value is -1.55. The lowest BCUT2D eigenvalue weighted by Gasteiger charge is -2.05. The summed E-state index contributed by atoms with van der Waals surface area (Å²) in [5, 5.41) is 4.32. The van der Waals surface area contributed by atoms with E-state index in [9.17, 15) is 4.39 Å². The average Bonchev–Trinajstić information content (AvgIpc) is 2.56. The Labute approximate surface area is 84.9 Å². The Kier molecular flexibility index (Phi) is 2.13. The van der Waals surface area contributed by atoms with Crippen LogP contribution in [0.5, 0.6) is 0 Å². The van der Waals surface area contributed by atoms with Crippen LogP contribution >= 0.6 is 11.6 Å². The molecule has 0 bridgehead atoms. The third-order valence-corrected chi connectivity index (χ3v) is 2.04. The Morgan fingerprint density at radius 3 is 2.79 bits per heavy atom. The van der Waals surface area contributed by atoms with Gasteiger partial charge in [-0.3, -0.25) is 0 Å². The molecule has 1 aromatic heterocycles. The Morgan fingerprint density at radius 1 is 1.36 bits per heavy atom. The summed E-state index contributed by atoms with van der Waals surface area (Å²) in [5.41, 5.74) is 5.83. The SMILES string of the molecule is Nc1ccnn1-c1cc(Cl)ccc1F. The zero-order valence-electron chi connectivity index (χ0n) is 7.11. The molecule has 0 aliphatic carbocycles. The number of hydrogen-bond acceptors (Lipinski definition) is 2. The van der Waals surface area contributed by atoms with E-state index in [1.165, 1.54) is 29.1 Å². The maximum atomic E-state index is 13.3. The van der Waals surface area contributed by atoms with Gasteiger partial charge in [-0.1, -0.05) is 11.6 Å². The topological polar surface area (TPSA) is 43.8 Å². The normalized spacial score (nSPS) is 10.4. The fourth-order valence-corrected chi connectivity index (χ4v) is 1.33. The monoisotopic (exact) mass is 211 g/mol. The van der Waals surface area contributed by atoms with Gasteiger partial charge in [-0.05, 0) is 18.2 Å². The highest BCUT2D eigenvalue weighted by Crippen LogP contribution is 2.20. The lowest BCUT2D eigenvalue weighted by molar-refractivity contribution is 0.612. The fourth-order valence-electron chi connectivity index (χ4n) is 1.16. The summed E-state index contributed by atoms with van der Waals surface area (Å²) >= 11 is 5.74. The first-order valence-corrected chi connectivity index (χ1v) is 4.31.